The van der Waals surface area contributed by atoms with Crippen LogP contribution in [0.5, 0.6) is 0 Å². The molecule has 11 heteroatoms. The molecular weight excluding hydrogens is 378 g/mol. The smallest absolute Gasteiger partial charge is 0.303 e. The monoisotopic (exact) mass is 403 g/mol. The third-order valence-corrected chi connectivity index (χ3v) is 3.29. The molecule has 5 atom stereocenters. The number of hydrogen-bond acceptors (Lipinski definition) is 11. The predicted molar refractivity (Wildman–Crippen MR) is 91.8 cm³/mol. The summed E-state index contributed by atoms with van der Waals surface area (Å²) in [5.41, 5.74) is 0.535. The standard InChI is InChI=1S/C17H25NO10/c1-8(2)18-28-17-16(26-12(6)22)15(25-11(5)21)14(24-10(4)20)13(27-17)7-23-9(3)19/h13-17H,7H2,1-6H3/t13-,14-,15+,16-,17+/m1/s1. The lowest BCUT2D eigenvalue weighted by atomic mass is 9.98. The zero-order valence-electron chi connectivity index (χ0n) is 16.6. The second-order valence-corrected chi connectivity index (χ2v) is 6.21. The van der Waals surface area contributed by atoms with E-state index in [4.69, 9.17) is 28.5 Å². The Hall–Kier alpha value is -2.69. The second kappa shape index (κ2) is 10.6. The normalized spacial score (nSPS) is 26.4. The van der Waals surface area contributed by atoms with Crippen LogP contribution >= 0.6 is 0 Å². The Morgan fingerprint density at radius 3 is 1.71 bits per heavy atom. The van der Waals surface area contributed by atoms with E-state index in [-0.39, 0.29) is 6.61 Å². The summed E-state index contributed by atoms with van der Waals surface area (Å²) in [6.07, 6.45) is -6.17. The molecule has 0 radical (unpaired) electrons. The highest BCUT2D eigenvalue weighted by atomic mass is 16.8. The topological polar surface area (TPSA) is 136 Å². The van der Waals surface area contributed by atoms with Crippen molar-refractivity contribution in [3.63, 3.8) is 0 Å². The number of rotatable bonds is 7. The minimum Gasteiger partial charge on any atom is -0.463 e. The zero-order valence-corrected chi connectivity index (χ0v) is 16.6. The van der Waals surface area contributed by atoms with Gasteiger partial charge < -0.3 is 28.5 Å². The first-order valence-electron chi connectivity index (χ1n) is 8.48. The van der Waals surface area contributed by atoms with Crippen LogP contribution < -0.4 is 0 Å². The summed E-state index contributed by atoms with van der Waals surface area (Å²) >= 11 is 0. The van der Waals surface area contributed by atoms with Gasteiger partial charge in [-0.05, 0) is 13.8 Å². The summed E-state index contributed by atoms with van der Waals surface area (Å²) in [5.74, 6) is -2.74. The molecule has 1 saturated heterocycles. The maximum atomic E-state index is 11.6. The van der Waals surface area contributed by atoms with Gasteiger partial charge in [0.25, 0.3) is 6.29 Å². The van der Waals surface area contributed by atoms with Gasteiger partial charge in [-0.1, -0.05) is 5.16 Å². The van der Waals surface area contributed by atoms with Gasteiger partial charge in [-0.2, -0.15) is 0 Å². The molecule has 0 aromatic heterocycles. The second-order valence-electron chi connectivity index (χ2n) is 6.21. The largest absolute Gasteiger partial charge is 0.463 e. The number of carbonyl (C=O) groups excluding carboxylic acids is 4. The van der Waals surface area contributed by atoms with Gasteiger partial charge in [0.05, 0.1) is 5.71 Å². The van der Waals surface area contributed by atoms with Gasteiger partial charge in [0, 0.05) is 27.7 Å². The van der Waals surface area contributed by atoms with Gasteiger partial charge in [-0.3, -0.25) is 19.2 Å². The van der Waals surface area contributed by atoms with Crippen molar-refractivity contribution in [1.29, 1.82) is 0 Å². The Labute approximate surface area is 162 Å². The van der Waals surface area contributed by atoms with Crippen molar-refractivity contribution in [2.24, 2.45) is 5.16 Å². The number of hydrogen-bond donors (Lipinski definition) is 0. The highest BCUT2D eigenvalue weighted by Gasteiger charge is 2.53. The predicted octanol–water partition coefficient (Wildman–Crippen LogP) is 0.482. The quantitative estimate of drug-likeness (QED) is 0.255. The fraction of sp³-hybridized carbons (Fsp3) is 0.706. The fourth-order valence-corrected chi connectivity index (χ4v) is 2.43. The van der Waals surface area contributed by atoms with Gasteiger partial charge in [-0.25, -0.2) is 0 Å². The van der Waals surface area contributed by atoms with Gasteiger partial charge in [0.1, 0.15) is 12.7 Å². The molecule has 0 aliphatic carbocycles. The summed E-state index contributed by atoms with van der Waals surface area (Å²) in [7, 11) is 0. The molecule has 1 rings (SSSR count). The average Bonchev–Trinajstić information content (AvgIpc) is 2.54. The van der Waals surface area contributed by atoms with E-state index in [9.17, 15) is 19.2 Å². The lowest BCUT2D eigenvalue weighted by Crippen LogP contribution is -2.62. The average molecular weight is 403 g/mol. The Morgan fingerprint density at radius 1 is 0.750 bits per heavy atom. The third kappa shape index (κ3) is 7.51. The van der Waals surface area contributed by atoms with E-state index in [0.717, 1.165) is 20.8 Å². The molecule has 0 saturated carbocycles. The summed E-state index contributed by atoms with van der Waals surface area (Å²) in [6.45, 7) is 7.59. The maximum absolute atomic E-state index is 11.6. The van der Waals surface area contributed by atoms with Crippen molar-refractivity contribution < 1.29 is 47.7 Å². The molecule has 1 aliphatic heterocycles. The Balaban J connectivity index is 3.30. The molecule has 0 unspecified atom stereocenters. The van der Waals surface area contributed by atoms with E-state index >= 15 is 0 Å². The molecule has 0 spiro atoms. The Bertz CT molecular complexity index is 627. The molecule has 28 heavy (non-hydrogen) atoms. The van der Waals surface area contributed by atoms with Crippen molar-refractivity contribution >= 4 is 29.6 Å². The number of ether oxygens (including phenoxy) is 5. The first-order chi connectivity index (χ1) is 13.0. The number of esters is 4. The van der Waals surface area contributed by atoms with E-state index in [1.54, 1.807) is 13.8 Å². The van der Waals surface area contributed by atoms with Crippen LogP contribution in [-0.2, 0) is 47.7 Å². The van der Waals surface area contributed by atoms with Gasteiger partial charge in [0.15, 0.2) is 12.2 Å². The van der Waals surface area contributed by atoms with Crippen LogP contribution in [0.15, 0.2) is 5.16 Å². The van der Waals surface area contributed by atoms with Crippen LogP contribution in [0.3, 0.4) is 0 Å². The van der Waals surface area contributed by atoms with Crippen molar-refractivity contribution in [3.05, 3.63) is 0 Å². The summed E-state index contributed by atoms with van der Waals surface area (Å²) in [6, 6.07) is 0. The maximum Gasteiger partial charge on any atom is 0.303 e. The number of oxime groups is 1. The third-order valence-electron chi connectivity index (χ3n) is 3.29. The molecule has 0 bridgehead atoms. The van der Waals surface area contributed by atoms with E-state index < -0.39 is 54.6 Å². The summed E-state index contributed by atoms with van der Waals surface area (Å²) < 4.78 is 26.3. The number of nitrogens with zero attached hydrogens (tertiary/aromatic N) is 1. The number of carbonyl (C=O) groups is 4. The lowest BCUT2D eigenvalue weighted by Gasteiger charge is -2.42. The highest BCUT2D eigenvalue weighted by molar-refractivity contribution is 5.78. The highest BCUT2D eigenvalue weighted by Crippen LogP contribution is 2.30. The first-order valence-corrected chi connectivity index (χ1v) is 8.48. The Morgan fingerprint density at radius 2 is 1.25 bits per heavy atom. The van der Waals surface area contributed by atoms with Crippen LogP contribution in [0.25, 0.3) is 0 Å². The molecule has 11 nitrogen and oxygen atoms in total. The van der Waals surface area contributed by atoms with Crippen LogP contribution in [0.1, 0.15) is 41.5 Å². The molecule has 0 N–H and O–H groups in total. The van der Waals surface area contributed by atoms with E-state index in [1.807, 2.05) is 0 Å². The molecular formula is C17H25NO10. The first kappa shape index (κ1) is 23.3. The van der Waals surface area contributed by atoms with Gasteiger partial charge >= 0.3 is 23.9 Å². The molecule has 158 valence electrons. The molecule has 1 aliphatic rings. The fourth-order valence-electron chi connectivity index (χ4n) is 2.43. The van der Waals surface area contributed by atoms with Crippen LogP contribution in [0.2, 0.25) is 0 Å². The molecule has 1 heterocycles. The van der Waals surface area contributed by atoms with Crippen LogP contribution in [0, 0.1) is 0 Å². The minimum atomic E-state index is -1.31. The minimum absolute atomic E-state index is 0.327. The van der Waals surface area contributed by atoms with Crippen molar-refractivity contribution in [3.8, 4) is 0 Å². The van der Waals surface area contributed by atoms with Crippen LogP contribution in [-0.4, -0.2) is 66.9 Å². The van der Waals surface area contributed by atoms with E-state index in [1.165, 1.54) is 6.92 Å². The molecule has 0 aromatic rings. The van der Waals surface area contributed by atoms with Crippen molar-refractivity contribution in [2.45, 2.75) is 72.2 Å². The lowest BCUT2D eigenvalue weighted by molar-refractivity contribution is -0.308. The summed E-state index contributed by atoms with van der Waals surface area (Å²) in [4.78, 5) is 51.2. The van der Waals surface area contributed by atoms with E-state index in [2.05, 4.69) is 5.16 Å². The SMILES string of the molecule is CC(=O)OC[C@H]1O[C@@H](ON=C(C)C)[C@H](OC(C)=O)[C@@H](OC(C)=O)[C@@H]1OC(C)=O. The Kier molecular flexibility index (Phi) is 8.83. The molecule has 0 aromatic carbocycles. The van der Waals surface area contributed by atoms with E-state index in [0.29, 0.717) is 5.71 Å². The van der Waals surface area contributed by atoms with Crippen molar-refractivity contribution in [1.82, 2.24) is 0 Å². The van der Waals surface area contributed by atoms with Crippen molar-refractivity contribution in [2.75, 3.05) is 6.61 Å². The van der Waals surface area contributed by atoms with Gasteiger partial charge in [-0.15, -0.1) is 0 Å². The van der Waals surface area contributed by atoms with Gasteiger partial charge in [0.2, 0.25) is 6.10 Å². The molecule has 1 fully saturated rings. The zero-order chi connectivity index (χ0) is 21.4. The summed E-state index contributed by atoms with van der Waals surface area (Å²) in [5, 5.41) is 3.78. The van der Waals surface area contributed by atoms with Crippen LogP contribution in [0.4, 0.5) is 0 Å². The molecule has 0 amide bonds.